The van der Waals surface area contributed by atoms with E-state index in [1.807, 2.05) is 0 Å². The SMILES string of the molecule is CC(=O)N1CCCC(C(=O)NC(C)C(C)C(=O)O)C1. The maximum atomic E-state index is 12.1. The Morgan fingerprint density at radius 1 is 1.32 bits per heavy atom. The highest BCUT2D eigenvalue weighted by Gasteiger charge is 2.29. The topological polar surface area (TPSA) is 86.7 Å². The van der Waals surface area contributed by atoms with E-state index in [1.54, 1.807) is 18.7 Å². The number of nitrogens with zero attached hydrogens (tertiary/aromatic N) is 1. The molecule has 0 aromatic heterocycles. The van der Waals surface area contributed by atoms with E-state index in [-0.39, 0.29) is 17.7 Å². The first-order valence-corrected chi connectivity index (χ1v) is 6.61. The number of carboxylic acid groups (broad SMARTS) is 1. The lowest BCUT2D eigenvalue weighted by atomic mass is 9.95. The molecule has 2 N–H and O–H groups in total. The first kappa shape index (κ1) is 15.5. The summed E-state index contributed by atoms with van der Waals surface area (Å²) in [6, 6.07) is -0.419. The van der Waals surface area contributed by atoms with Crippen LogP contribution in [0.3, 0.4) is 0 Å². The van der Waals surface area contributed by atoms with E-state index in [0.29, 0.717) is 13.1 Å². The molecule has 1 aliphatic rings. The molecule has 6 nitrogen and oxygen atoms in total. The lowest BCUT2D eigenvalue weighted by Gasteiger charge is -2.32. The van der Waals surface area contributed by atoms with Gasteiger partial charge >= 0.3 is 5.97 Å². The Hall–Kier alpha value is -1.59. The average Bonchev–Trinajstić information content (AvgIpc) is 2.37. The van der Waals surface area contributed by atoms with E-state index in [1.165, 1.54) is 6.92 Å². The van der Waals surface area contributed by atoms with Crippen LogP contribution < -0.4 is 5.32 Å². The quantitative estimate of drug-likeness (QED) is 0.777. The van der Waals surface area contributed by atoms with Crippen molar-refractivity contribution in [1.29, 1.82) is 0 Å². The summed E-state index contributed by atoms with van der Waals surface area (Å²) in [6.45, 7) is 5.86. The van der Waals surface area contributed by atoms with Gasteiger partial charge in [0.15, 0.2) is 0 Å². The normalized spacial score (nSPS) is 22.5. The van der Waals surface area contributed by atoms with Crippen molar-refractivity contribution in [2.75, 3.05) is 13.1 Å². The predicted molar refractivity (Wildman–Crippen MR) is 69.4 cm³/mol. The predicted octanol–water partition coefficient (Wildman–Crippen LogP) is 0.470. The molecular weight excluding hydrogens is 248 g/mol. The van der Waals surface area contributed by atoms with Crippen molar-refractivity contribution >= 4 is 17.8 Å². The molecule has 6 heteroatoms. The number of carboxylic acids is 1. The van der Waals surface area contributed by atoms with Gasteiger partial charge in [-0.2, -0.15) is 0 Å². The van der Waals surface area contributed by atoms with Gasteiger partial charge in [-0.25, -0.2) is 0 Å². The molecule has 19 heavy (non-hydrogen) atoms. The van der Waals surface area contributed by atoms with Gasteiger partial charge in [-0.1, -0.05) is 0 Å². The van der Waals surface area contributed by atoms with Gasteiger partial charge in [0.2, 0.25) is 11.8 Å². The van der Waals surface area contributed by atoms with Gasteiger partial charge in [-0.3, -0.25) is 14.4 Å². The van der Waals surface area contributed by atoms with Crippen LogP contribution in [-0.2, 0) is 14.4 Å². The second kappa shape index (κ2) is 6.54. The van der Waals surface area contributed by atoms with Crippen LogP contribution in [0.25, 0.3) is 0 Å². The fourth-order valence-corrected chi connectivity index (χ4v) is 2.16. The number of piperidine rings is 1. The molecule has 0 aromatic rings. The maximum absolute atomic E-state index is 12.1. The Morgan fingerprint density at radius 3 is 2.47 bits per heavy atom. The smallest absolute Gasteiger partial charge is 0.308 e. The summed E-state index contributed by atoms with van der Waals surface area (Å²) in [5.41, 5.74) is 0. The van der Waals surface area contributed by atoms with Crippen LogP contribution in [0.5, 0.6) is 0 Å². The first-order chi connectivity index (χ1) is 8.82. The third-order valence-corrected chi connectivity index (χ3v) is 3.75. The lowest BCUT2D eigenvalue weighted by Crippen LogP contribution is -2.48. The number of carbonyl (C=O) groups excluding carboxylic acids is 2. The number of nitrogens with one attached hydrogen (secondary N) is 1. The van der Waals surface area contributed by atoms with Crippen molar-refractivity contribution in [3.8, 4) is 0 Å². The third kappa shape index (κ3) is 4.22. The highest BCUT2D eigenvalue weighted by atomic mass is 16.4. The molecule has 1 rings (SSSR count). The van der Waals surface area contributed by atoms with E-state index in [2.05, 4.69) is 5.32 Å². The maximum Gasteiger partial charge on any atom is 0.308 e. The summed E-state index contributed by atoms with van der Waals surface area (Å²) < 4.78 is 0. The van der Waals surface area contributed by atoms with Gasteiger partial charge in [0.05, 0.1) is 11.8 Å². The van der Waals surface area contributed by atoms with E-state index in [9.17, 15) is 14.4 Å². The summed E-state index contributed by atoms with van der Waals surface area (Å²) in [7, 11) is 0. The van der Waals surface area contributed by atoms with Crippen LogP contribution in [0.15, 0.2) is 0 Å². The van der Waals surface area contributed by atoms with Crippen molar-refractivity contribution in [1.82, 2.24) is 10.2 Å². The van der Waals surface area contributed by atoms with Crippen molar-refractivity contribution in [3.05, 3.63) is 0 Å². The third-order valence-electron chi connectivity index (χ3n) is 3.75. The van der Waals surface area contributed by atoms with Crippen molar-refractivity contribution < 1.29 is 19.5 Å². The molecule has 3 unspecified atom stereocenters. The standard InChI is InChI=1S/C13H22N2O4/c1-8(13(18)19)9(2)14-12(17)11-5-4-6-15(7-11)10(3)16/h8-9,11H,4-7H2,1-3H3,(H,14,17)(H,18,19). The fourth-order valence-electron chi connectivity index (χ4n) is 2.16. The summed E-state index contributed by atoms with van der Waals surface area (Å²) >= 11 is 0. The van der Waals surface area contributed by atoms with E-state index < -0.39 is 17.9 Å². The number of aliphatic carboxylic acids is 1. The van der Waals surface area contributed by atoms with Crippen LogP contribution in [0.2, 0.25) is 0 Å². The minimum atomic E-state index is -0.929. The number of amides is 2. The molecule has 0 aromatic carbocycles. The average molecular weight is 270 g/mol. The van der Waals surface area contributed by atoms with Crippen LogP contribution >= 0.6 is 0 Å². The van der Waals surface area contributed by atoms with Crippen LogP contribution in [-0.4, -0.2) is 46.9 Å². The molecule has 0 bridgehead atoms. The second-order valence-corrected chi connectivity index (χ2v) is 5.23. The summed E-state index contributed by atoms with van der Waals surface area (Å²) in [5, 5.41) is 11.6. The van der Waals surface area contributed by atoms with E-state index in [4.69, 9.17) is 5.11 Å². The van der Waals surface area contributed by atoms with Gasteiger partial charge in [0.1, 0.15) is 0 Å². The fraction of sp³-hybridized carbons (Fsp3) is 0.769. The monoisotopic (exact) mass is 270 g/mol. The van der Waals surface area contributed by atoms with Crippen LogP contribution in [0, 0.1) is 11.8 Å². The summed E-state index contributed by atoms with van der Waals surface area (Å²) in [6.07, 6.45) is 1.55. The van der Waals surface area contributed by atoms with Crippen molar-refractivity contribution in [2.24, 2.45) is 11.8 Å². The first-order valence-electron chi connectivity index (χ1n) is 6.61. The largest absolute Gasteiger partial charge is 0.481 e. The molecular formula is C13H22N2O4. The molecule has 108 valence electrons. The van der Waals surface area contributed by atoms with E-state index >= 15 is 0 Å². The number of carbonyl (C=O) groups is 3. The van der Waals surface area contributed by atoms with Gasteiger partial charge < -0.3 is 15.3 Å². The number of rotatable bonds is 4. The van der Waals surface area contributed by atoms with Gasteiger partial charge in [0.25, 0.3) is 0 Å². The zero-order chi connectivity index (χ0) is 14.6. The Balaban J connectivity index is 2.53. The number of hydrogen-bond donors (Lipinski definition) is 2. The van der Waals surface area contributed by atoms with Crippen molar-refractivity contribution in [2.45, 2.75) is 39.7 Å². The summed E-state index contributed by atoms with van der Waals surface area (Å²) in [5.74, 6) is -1.98. The van der Waals surface area contributed by atoms with E-state index in [0.717, 1.165) is 12.8 Å². The summed E-state index contributed by atoms with van der Waals surface area (Å²) in [4.78, 5) is 35.9. The molecule has 1 aliphatic heterocycles. The molecule has 2 amide bonds. The second-order valence-electron chi connectivity index (χ2n) is 5.23. The minimum absolute atomic E-state index is 0.0237. The Kier molecular flexibility index (Phi) is 5.32. The number of likely N-dealkylation sites (tertiary alicyclic amines) is 1. The zero-order valence-corrected chi connectivity index (χ0v) is 11.7. The van der Waals surface area contributed by atoms with Crippen LogP contribution in [0.4, 0.5) is 0 Å². The molecule has 1 fully saturated rings. The van der Waals surface area contributed by atoms with Gasteiger partial charge in [-0.15, -0.1) is 0 Å². The molecule has 3 atom stereocenters. The van der Waals surface area contributed by atoms with Crippen LogP contribution in [0.1, 0.15) is 33.6 Å². The molecule has 1 heterocycles. The highest BCUT2D eigenvalue weighted by molar-refractivity contribution is 5.81. The Morgan fingerprint density at radius 2 is 1.95 bits per heavy atom. The number of hydrogen-bond acceptors (Lipinski definition) is 3. The van der Waals surface area contributed by atoms with Gasteiger partial charge in [-0.05, 0) is 26.7 Å². The molecule has 1 saturated heterocycles. The Bertz CT molecular complexity index is 370. The molecule has 0 saturated carbocycles. The highest BCUT2D eigenvalue weighted by Crippen LogP contribution is 2.17. The van der Waals surface area contributed by atoms with Gasteiger partial charge in [0, 0.05) is 26.1 Å². The zero-order valence-electron chi connectivity index (χ0n) is 11.7. The molecule has 0 aliphatic carbocycles. The lowest BCUT2D eigenvalue weighted by molar-refractivity contribution is -0.142. The minimum Gasteiger partial charge on any atom is -0.481 e. The molecule has 0 radical (unpaired) electrons. The van der Waals surface area contributed by atoms with Crippen molar-refractivity contribution in [3.63, 3.8) is 0 Å². The molecule has 0 spiro atoms. The Labute approximate surface area is 113 Å².